The number of carbonyl (C=O) groups excluding carboxylic acids is 3. The van der Waals surface area contributed by atoms with Crippen LogP contribution in [-0.4, -0.2) is 118 Å². The number of nitrogens with one attached hydrogen (secondary N) is 7. The summed E-state index contributed by atoms with van der Waals surface area (Å²) in [7, 11) is 0. The highest BCUT2D eigenvalue weighted by Gasteiger charge is 2.42. The lowest BCUT2D eigenvalue weighted by atomic mass is 10.0. The van der Waals surface area contributed by atoms with Crippen LogP contribution in [0.3, 0.4) is 0 Å². The molecule has 3 aliphatic heterocycles. The molecule has 11 nitrogen and oxygen atoms in total. The number of rotatable bonds is 10. The number of thioether (sulfide) groups is 1. The van der Waals surface area contributed by atoms with Crippen molar-refractivity contribution < 1.29 is 14.4 Å². The molecule has 3 rings (SSSR count). The number of hydrogen-bond donors (Lipinski definition) is 7. The second-order valence-electron chi connectivity index (χ2n) is 9.80. The Labute approximate surface area is 219 Å². The molecule has 4 amide bonds. The monoisotopic (exact) mass is 526 g/mol. The van der Waals surface area contributed by atoms with Crippen LogP contribution in [0.5, 0.6) is 0 Å². The molecule has 0 spiro atoms. The normalized spacial score (nSPS) is 26.3. The smallest absolute Gasteiger partial charge is 0.315 e. The molecule has 3 saturated heterocycles. The van der Waals surface area contributed by atoms with Gasteiger partial charge >= 0.3 is 6.03 Å². The van der Waals surface area contributed by atoms with E-state index in [1.807, 2.05) is 11.8 Å². The van der Waals surface area contributed by atoms with Crippen LogP contribution >= 0.6 is 11.8 Å². The second kappa shape index (κ2) is 17.0. The summed E-state index contributed by atoms with van der Waals surface area (Å²) in [6, 6.07) is 0.415. The number of hydrogen-bond acceptors (Lipinski definition) is 8. The summed E-state index contributed by atoms with van der Waals surface area (Å²) in [6.45, 7) is 8.80. The van der Waals surface area contributed by atoms with Crippen LogP contribution < -0.4 is 37.2 Å². The lowest BCUT2D eigenvalue weighted by Crippen LogP contribution is -2.43. The fraction of sp³-hybridized carbons (Fsp3) is 0.875. The van der Waals surface area contributed by atoms with Gasteiger partial charge in [-0.2, -0.15) is 11.8 Å². The van der Waals surface area contributed by atoms with E-state index in [1.54, 1.807) is 0 Å². The summed E-state index contributed by atoms with van der Waals surface area (Å²) >= 11 is 1.90. The van der Waals surface area contributed by atoms with Crippen molar-refractivity contribution in [2.75, 3.05) is 77.7 Å². The van der Waals surface area contributed by atoms with Gasteiger partial charge in [-0.15, -0.1) is 0 Å². The van der Waals surface area contributed by atoms with Crippen LogP contribution in [0.25, 0.3) is 0 Å². The van der Waals surface area contributed by atoms with Gasteiger partial charge < -0.3 is 37.2 Å². The van der Waals surface area contributed by atoms with E-state index >= 15 is 0 Å². The van der Waals surface area contributed by atoms with Crippen molar-refractivity contribution in [3.05, 3.63) is 0 Å². The topological polar surface area (TPSA) is 139 Å². The first-order valence-electron chi connectivity index (χ1n) is 13.7. The summed E-state index contributed by atoms with van der Waals surface area (Å²) in [5.74, 6) is 0.994. The van der Waals surface area contributed by atoms with Crippen molar-refractivity contribution in [3.8, 4) is 0 Å². The van der Waals surface area contributed by atoms with Crippen LogP contribution in [0.4, 0.5) is 4.79 Å². The number of unbranched alkanes of at least 4 members (excludes halogenated alkanes) is 1. The van der Waals surface area contributed by atoms with Crippen molar-refractivity contribution in [1.82, 2.24) is 42.1 Å². The van der Waals surface area contributed by atoms with Crippen LogP contribution in [0.2, 0.25) is 0 Å². The molecule has 7 N–H and O–H groups in total. The van der Waals surface area contributed by atoms with Crippen molar-refractivity contribution in [1.29, 1.82) is 0 Å². The molecule has 206 valence electrons. The molecule has 3 fully saturated rings. The molecule has 3 aliphatic rings. The molecular weight excluding hydrogens is 480 g/mol. The summed E-state index contributed by atoms with van der Waals surface area (Å²) in [6.07, 6.45) is 5.42. The van der Waals surface area contributed by atoms with E-state index < -0.39 is 0 Å². The highest BCUT2D eigenvalue weighted by molar-refractivity contribution is 8.00. The summed E-state index contributed by atoms with van der Waals surface area (Å²) in [5.41, 5.74) is 0. The molecule has 3 heterocycles. The van der Waals surface area contributed by atoms with E-state index in [0.717, 1.165) is 90.2 Å². The average molecular weight is 527 g/mol. The van der Waals surface area contributed by atoms with Crippen molar-refractivity contribution >= 4 is 29.6 Å². The van der Waals surface area contributed by atoms with Crippen LogP contribution in [0, 0.1) is 0 Å². The SMILES string of the molecule is O=C(CCCC[C@@H]1SC[C@@H]2NC(=O)N[C@@H]21)NCCNC(=O)CN1CCCNCCNCCCNCC1. The fourth-order valence-corrected chi connectivity index (χ4v) is 6.39. The van der Waals surface area contributed by atoms with Gasteiger partial charge in [-0.25, -0.2) is 4.79 Å². The Morgan fingerprint density at radius 2 is 1.58 bits per heavy atom. The van der Waals surface area contributed by atoms with Gasteiger partial charge in [0.1, 0.15) is 0 Å². The van der Waals surface area contributed by atoms with Gasteiger partial charge in [0, 0.05) is 56.7 Å². The Balaban J connectivity index is 1.20. The molecule has 0 aliphatic carbocycles. The van der Waals surface area contributed by atoms with Gasteiger partial charge in [0.05, 0.1) is 18.6 Å². The fourth-order valence-electron chi connectivity index (χ4n) is 4.85. The Morgan fingerprint density at radius 1 is 0.861 bits per heavy atom. The first kappa shape index (κ1) is 29.0. The van der Waals surface area contributed by atoms with Crippen LogP contribution in [0.1, 0.15) is 38.5 Å². The molecule has 0 bridgehead atoms. The van der Waals surface area contributed by atoms with Gasteiger partial charge in [0.2, 0.25) is 11.8 Å². The summed E-state index contributed by atoms with van der Waals surface area (Å²) < 4.78 is 0. The number of amides is 4. The molecule has 0 saturated carbocycles. The molecule has 36 heavy (non-hydrogen) atoms. The highest BCUT2D eigenvalue weighted by atomic mass is 32.2. The maximum Gasteiger partial charge on any atom is 0.315 e. The maximum atomic E-state index is 12.4. The van der Waals surface area contributed by atoms with Crippen molar-refractivity contribution in [2.45, 2.75) is 55.9 Å². The largest absolute Gasteiger partial charge is 0.354 e. The molecule has 0 unspecified atom stereocenters. The zero-order chi connectivity index (χ0) is 25.4. The van der Waals surface area contributed by atoms with Crippen molar-refractivity contribution in [2.24, 2.45) is 0 Å². The molecule has 0 aromatic heterocycles. The highest BCUT2D eigenvalue weighted by Crippen LogP contribution is 2.33. The average Bonchev–Trinajstić information content (AvgIpc) is 3.41. The molecule has 3 atom stereocenters. The van der Waals surface area contributed by atoms with Gasteiger partial charge in [0.25, 0.3) is 0 Å². The quantitative estimate of drug-likeness (QED) is 0.139. The first-order chi connectivity index (χ1) is 17.6. The number of urea groups is 1. The van der Waals surface area contributed by atoms with E-state index in [4.69, 9.17) is 0 Å². The van der Waals surface area contributed by atoms with E-state index in [1.165, 1.54) is 0 Å². The maximum absolute atomic E-state index is 12.4. The van der Waals surface area contributed by atoms with Gasteiger partial charge in [-0.05, 0) is 51.9 Å². The Kier molecular flexibility index (Phi) is 13.7. The zero-order valence-corrected chi connectivity index (χ0v) is 22.4. The third-order valence-corrected chi connectivity index (χ3v) is 8.34. The third kappa shape index (κ3) is 11.2. The summed E-state index contributed by atoms with van der Waals surface area (Å²) in [4.78, 5) is 38.2. The first-order valence-corrected chi connectivity index (χ1v) is 14.7. The number of fused-ring (bicyclic) bond motifs is 1. The predicted molar refractivity (Wildman–Crippen MR) is 144 cm³/mol. The van der Waals surface area contributed by atoms with Crippen LogP contribution in [0.15, 0.2) is 0 Å². The standard InChI is InChI=1S/C24H46N8O3S/c33-21(6-2-1-5-20-23-19(18-36-20)30-24(35)31-23)28-12-13-29-22(34)17-32-15-4-9-26-11-10-25-7-3-8-27-14-16-32/h19-20,23,25-27H,1-18H2,(H,28,33)(H,29,34)(H2,30,31,35)/t19-,20-,23-/m0/s1. The van der Waals surface area contributed by atoms with Gasteiger partial charge in [-0.3, -0.25) is 14.5 Å². The van der Waals surface area contributed by atoms with Crippen LogP contribution in [-0.2, 0) is 9.59 Å². The van der Waals surface area contributed by atoms with E-state index in [0.29, 0.717) is 31.3 Å². The minimum atomic E-state index is -0.0572. The minimum Gasteiger partial charge on any atom is -0.354 e. The molecule has 0 aromatic carbocycles. The predicted octanol–water partition coefficient (Wildman–Crippen LogP) is -1.19. The Morgan fingerprint density at radius 3 is 2.39 bits per heavy atom. The lowest BCUT2D eigenvalue weighted by molar-refractivity contribution is -0.123. The molecular formula is C24H46N8O3S. The zero-order valence-electron chi connectivity index (χ0n) is 21.5. The Hall–Kier alpha value is -1.60. The van der Waals surface area contributed by atoms with Gasteiger partial charge in [0.15, 0.2) is 0 Å². The van der Waals surface area contributed by atoms with E-state index in [2.05, 4.69) is 42.1 Å². The van der Waals surface area contributed by atoms with E-state index in [9.17, 15) is 14.4 Å². The second-order valence-corrected chi connectivity index (χ2v) is 11.1. The third-order valence-electron chi connectivity index (χ3n) is 6.84. The van der Waals surface area contributed by atoms with E-state index in [-0.39, 0.29) is 29.9 Å². The Bertz CT molecular complexity index is 672. The number of carbonyl (C=O) groups is 3. The van der Waals surface area contributed by atoms with Crippen molar-refractivity contribution in [3.63, 3.8) is 0 Å². The lowest BCUT2D eigenvalue weighted by Gasteiger charge is -2.22. The molecule has 12 heteroatoms. The molecule has 0 aromatic rings. The van der Waals surface area contributed by atoms with Gasteiger partial charge in [-0.1, -0.05) is 6.42 Å². The molecule has 0 radical (unpaired) electrons. The minimum absolute atomic E-state index is 0.00314. The summed E-state index contributed by atoms with van der Waals surface area (Å²) in [5, 5.41) is 22.6. The number of nitrogens with zero attached hydrogens (tertiary/aromatic N) is 1.